The lowest BCUT2D eigenvalue weighted by Crippen LogP contribution is -2.33. The number of ether oxygens (including phenoxy) is 2. The molecule has 1 amide bonds. The highest BCUT2D eigenvalue weighted by Gasteiger charge is 2.46. The van der Waals surface area contributed by atoms with Crippen LogP contribution in [0, 0.1) is 22.4 Å². The van der Waals surface area contributed by atoms with Crippen LogP contribution in [0.4, 0.5) is 4.79 Å². The molecule has 3 heterocycles. The van der Waals surface area contributed by atoms with Crippen LogP contribution in [0.25, 0.3) is 10.1 Å². The van der Waals surface area contributed by atoms with Crippen molar-refractivity contribution < 1.29 is 70.9 Å². The standard InChI is InChI=1S/C21H25N2O15P3S2/c1-11-7-13(11)9-34-21(26)22-5-2-3-12-8-23(20(42)18-14(12)4-6-43-18)19-17(25)16(24)15(36-19)10-35-40(30,31)38-41(32,33)37-39(27,28)29/h4,6-8,13,15-17,19,24-25H,5,9-10H2,1H3,(H,22,26)(H,30,31)(H,32,33)(H2,27,28,29)/t13?,15-,16-,17-,19-/m1/s1. The second kappa shape index (κ2) is 13.3. The number of carbonyl (C=O) groups excluding carboxylic acids is 1. The van der Waals surface area contributed by atoms with Gasteiger partial charge in [-0.05, 0) is 18.4 Å². The summed E-state index contributed by atoms with van der Waals surface area (Å²) in [6, 6.07) is 1.77. The molecule has 0 saturated carbocycles. The van der Waals surface area contributed by atoms with Crippen molar-refractivity contribution in [1.29, 1.82) is 0 Å². The topological polar surface area (TPSA) is 253 Å². The smallest absolute Gasteiger partial charge is 0.449 e. The van der Waals surface area contributed by atoms with Crippen LogP contribution in [0.2, 0.25) is 0 Å². The number of nitrogens with zero attached hydrogens (tertiary/aromatic N) is 1. The Morgan fingerprint density at radius 1 is 1.14 bits per heavy atom. The van der Waals surface area contributed by atoms with E-state index in [2.05, 4.69) is 30.3 Å². The molecule has 1 aliphatic carbocycles. The zero-order chi connectivity index (χ0) is 31.7. The van der Waals surface area contributed by atoms with E-state index in [1.807, 2.05) is 13.0 Å². The number of nitrogens with one attached hydrogen (secondary N) is 1. The van der Waals surface area contributed by atoms with Gasteiger partial charge >= 0.3 is 29.6 Å². The fourth-order valence-corrected chi connectivity index (χ4v) is 8.14. The third kappa shape index (κ3) is 9.12. The van der Waals surface area contributed by atoms with Crippen LogP contribution < -0.4 is 5.32 Å². The van der Waals surface area contributed by atoms with Crippen molar-refractivity contribution in [3.8, 4) is 11.8 Å². The third-order valence-electron chi connectivity index (χ3n) is 5.96. The van der Waals surface area contributed by atoms with Gasteiger partial charge in [0.05, 0.1) is 17.9 Å². The van der Waals surface area contributed by atoms with E-state index in [1.165, 1.54) is 22.1 Å². The Morgan fingerprint density at radius 3 is 2.49 bits per heavy atom. The Hall–Kier alpha value is -1.81. The predicted molar refractivity (Wildman–Crippen MR) is 150 cm³/mol. The van der Waals surface area contributed by atoms with Crippen molar-refractivity contribution in [3.63, 3.8) is 0 Å². The summed E-state index contributed by atoms with van der Waals surface area (Å²) >= 11 is 6.81. The summed E-state index contributed by atoms with van der Waals surface area (Å²) < 4.78 is 59.0. The molecule has 2 aliphatic rings. The first-order valence-corrected chi connectivity index (χ1v) is 17.8. The molecular formula is C21H25N2O15P3S2. The number of fused-ring (bicyclic) bond motifs is 1. The molecule has 0 aromatic carbocycles. The van der Waals surface area contributed by atoms with E-state index in [1.54, 1.807) is 11.4 Å². The molecule has 7 N–H and O–H groups in total. The number of phosphoric acid groups is 3. The van der Waals surface area contributed by atoms with Crippen LogP contribution in [0.15, 0.2) is 29.3 Å². The largest absolute Gasteiger partial charge is 0.490 e. The molecule has 1 fully saturated rings. The number of pyridine rings is 1. The van der Waals surface area contributed by atoms with Gasteiger partial charge in [0, 0.05) is 23.1 Å². The molecule has 0 bridgehead atoms. The molecule has 4 rings (SSSR count). The van der Waals surface area contributed by atoms with E-state index in [0.717, 1.165) is 5.57 Å². The number of amides is 1. The zero-order valence-electron chi connectivity index (χ0n) is 21.8. The van der Waals surface area contributed by atoms with E-state index < -0.39 is 60.7 Å². The van der Waals surface area contributed by atoms with Crippen LogP contribution >= 0.6 is 47.0 Å². The van der Waals surface area contributed by atoms with Crippen LogP contribution in [-0.2, 0) is 36.3 Å². The van der Waals surface area contributed by atoms with Gasteiger partial charge in [0.25, 0.3) is 0 Å². The molecule has 2 aromatic rings. The molecule has 22 heteroatoms. The van der Waals surface area contributed by atoms with Gasteiger partial charge in [-0.15, -0.1) is 11.3 Å². The summed E-state index contributed by atoms with van der Waals surface area (Å²) in [5.41, 5.74) is 1.58. The predicted octanol–water partition coefficient (Wildman–Crippen LogP) is 2.05. The third-order valence-corrected chi connectivity index (χ3v) is 11.2. The van der Waals surface area contributed by atoms with E-state index in [4.69, 9.17) is 31.5 Å². The maximum absolute atomic E-state index is 12.1. The van der Waals surface area contributed by atoms with E-state index in [0.29, 0.717) is 15.6 Å². The van der Waals surface area contributed by atoms with E-state index in [9.17, 15) is 38.5 Å². The lowest BCUT2D eigenvalue weighted by molar-refractivity contribution is -0.0526. The van der Waals surface area contributed by atoms with Crippen LogP contribution in [0.5, 0.6) is 0 Å². The van der Waals surface area contributed by atoms with Gasteiger partial charge < -0.3 is 49.1 Å². The average molecular weight is 702 g/mol. The number of aliphatic hydroxyl groups excluding tert-OH is 2. The number of alkyl carbamates (subject to hydrolysis) is 1. The SMILES string of the molecule is CC1=CC1COC(=O)NCC#Cc1cn([C@@H]2O[C@H](COP(=O)(O)OP(=O)(O)OP(=O)(O)O)[C@@H](O)[C@H]2O)c(=S)c2sccc12. The van der Waals surface area contributed by atoms with Crippen molar-refractivity contribution >= 4 is 63.2 Å². The second-order valence-electron chi connectivity index (χ2n) is 9.12. The highest BCUT2D eigenvalue weighted by atomic mass is 32.1. The molecule has 43 heavy (non-hydrogen) atoms. The average Bonchev–Trinajstić information content (AvgIpc) is 3.25. The molecule has 1 saturated heterocycles. The minimum absolute atomic E-state index is 0.0406. The minimum atomic E-state index is -5.75. The fourth-order valence-electron chi connectivity index (χ4n) is 3.85. The number of thiophene rings is 1. The lowest BCUT2D eigenvalue weighted by Gasteiger charge is -2.20. The van der Waals surface area contributed by atoms with Crippen molar-refractivity contribution in [2.75, 3.05) is 19.8 Å². The van der Waals surface area contributed by atoms with Gasteiger partial charge in [-0.25, -0.2) is 18.5 Å². The first-order chi connectivity index (χ1) is 20.0. The van der Waals surface area contributed by atoms with Gasteiger partial charge in [0.15, 0.2) is 6.23 Å². The van der Waals surface area contributed by atoms with Gasteiger partial charge in [0.2, 0.25) is 0 Å². The fraction of sp³-hybridized carbons (Fsp3) is 0.429. The number of phosphoric ester groups is 1. The highest BCUT2D eigenvalue weighted by molar-refractivity contribution is 7.71. The number of aliphatic hydroxyl groups is 2. The number of carbonyl (C=O) groups is 1. The second-order valence-corrected chi connectivity index (χ2v) is 14.8. The Kier molecular flexibility index (Phi) is 10.5. The summed E-state index contributed by atoms with van der Waals surface area (Å²) in [6.45, 7) is 1.15. The van der Waals surface area contributed by atoms with Gasteiger partial charge in [-0.2, -0.15) is 8.62 Å². The first-order valence-electron chi connectivity index (χ1n) is 12.0. The summed E-state index contributed by atoms with van der Waals surface area (Å²) in [5.74, 6) is 5.87. The van der Waals surface area contributed by atoms with Crippen molar-refractivity contribution in [3.05, 3.63) is 39.5 Å². The Balaban J connectivity index is 1.44. The highest BCUT2D eigenvalue weighted by Crippen LogP contribution is 2.66. The number of hydrogen-bond acceptors (Lipinski definition) is 13. The molecule has 0 radical (unpaired) electrons. The van der Waals surface area contributed by atoms with Crippen molar-refractivity contribution in [2.45, 2.75) is 31.5 Å². The molecule has 236 valence electrons. The van der Waals surface area contributed by atoms with Crippen LogP contribution in [0.3, 0.4) is 0 Å². The monoisotopic (exact) mass is 702 g/mol. The molecular weight excluding hydrogens is 677 g/mol. The molecule has 0 spiro atoms. The summed E-state index contributed by atoms with van der Waals surface area (Å²) in [5, 5.41) is 26.1. The van der Waals surface area contributed by atoms with Crippen molar-refractivity contribution in [2.24, 2.45) is 5.92 Å². The lowest BCUT2D eigenvalue weighted by atomic mass is 10.1. The molecule has 17 nitrogen and oxygen atoms in total. The molecule has 1 aliphatic heterocycles. The van der Waals surface area contributed by atoms with Gasteiger partial charge in [0.1, 0.15) is 29.6 Å². The Labute approximate surface area is 252 Å². The molecule has 2 aromatic heterocycles. The van der Waals surface area contributed by atoms with Crippen LogP contribution in [0.1, 0.15) is 18.7 Å². The van der Waals surface area contributed by atoms with Gasteiger partial charge in [-0.3, -0.25) is 4.52 Å². The Morgan fingerprint density at radius 2 is 1.84 bits per heavy atom. The van der Waals surface area contributed by atoms with Crippen molar-refractivity contribution in [1.82, 2.24) is 9.88 Å². The number of aromatic nitrogens is 1. The number of rotatable bonds is 11. The minimum Gasteiger partial charge on any atom is -0.449 e. The maximum atomic E-state index is 12.1. The van der Waals surface area contributed by atoms with E-state index in [-0.39, 0.29) is 23.7 Å². The zero-order valence-corrected chi connectivity index (χ0v) is 26.1. The van der Waals surface area contributed by atoms with Crippen LogP contribution in [-0.4, -0.2) is 78.5 Å². The Bertz CT molecular complexity index is 1690. The summed E-state index contributed by atoms with van der Waals surface area (Å²) in [4.78, 5) is 48.1. The first kappa shape index (κ1) is 34.1. The number of hydrogen-bond donors (Lipinski definition) is 7. The normalized spacial score (nSPS) is 26.1. The quantitative estimate of drug-likeness (QED) is 0.0766. The molecule has 3 unspecified atom stereocenters. The molecule has 7 atom stereocenters. The van der Waals surface area contributed by atoms with Gasteiger partial charge in [-0.1, -0.05) is 35.7 Å². The summed E-state index contributed by atoms with van der Waals surface area (Å²) in [6.07, 6.45) is -3.44. The van der Waals surface area contributed by atoms with E-state index >= 15 is 0 Å². The summed E-state index contributed by atoms with van der Waals surface area (Å²) in [7, 11) is -16.8. The maximum Gasteiger partial charge on any atom is 0.490 e.